The van der Waals surface area contributed by atoms with Crippen LogP contribution in [0.3, 0.4) is 0 Å². The molecule has 1 heterocycles. The van der Waals surface area contributed by atoms with Crippen molar-refractivity contribution in [3.8, 4) is 5.75 Å². The van der Waals surface area contributed by atoms with E-state index in [1.165, 1.54) is 24.4 Å². The van der Waals surface area contributed by atoms with Crippen molar-refractivity contribution in [2.45, 2.75) is 6.36 Å². The van der Waals surface area contributed by atoms with Gasteiger partial charge in [0.2, 0.25) is 0 Å². The van der Waals surface area contributed by atoms with E-state index < -0.39 is 6.36 Å². The number of rotatable bonds is 1. The molecule has 0 bridgehead atoms. The molecule has 0 saturated heterocycles. The van der Waals surface area contributed by atoms with Crippen LogP contribution in [0.2, 0.25) is 5.02 Å². The predicted octanol–water partition coefficient (Wildman–Crippen LogP) is 4.55. The van der Waals surface area contributed by atoms with Crippen molar-refractivity contribution < 1.29 is 17.9 Å². The summed E-state index contributed by atoms with van der Waals surface area (Å²) in [7, 11) is 0. The highest BCUT2D eigenvalue weighted by Crippen LogP contribution is 2.38. The van der Waals surface area contributed by atoms with E-state index in [9.17, 15) is 13.2 Å². The molecule has 0 aliphatic carbocycles. The number of ether oxygens (including phenoxy) is 1. The van der Waals surface area contributed by atoms with Gasteiger partial charge in [-0.2, -0.15) is 0 Å². The van der Waals surface area contributed by atoms with Crippen molar-refractivity contribution in [3.63, 3.8) is 0 Å². The summed E-state index contributed by atoms with van der Waals surface area (Å²) in [6, 6.07) is 4.09. The van der Waals surface area contributed by atoms with Gasteiger partial charge in [0.05, 0.1) is 15.0 Å². The third-order valence-electron chi connectivity index (χ3n) is 1.98. The Morgan fingerprint density at radius 3 is 2.59 bits per heavy atom. The van der Waals surface area contributed by atoms with Crippen molar-refractivity contribution >= 4 is 38.4 Å². The Bertz CT molecular complexity index is 573. The number of aromatic nitrogens is 1. The summed E-state index contributed by atoms with van der Waals surface area (Å²) in [4.78, 5) is 3.99. The smallest absolute Gasteiger partial charge is 0.405 e. The van der Waals surface area contributed by atoms with Gasteiger partial charge in [0.25, 0.3) is 0 Å². The first-order valence-electron chi connectivity index (χ1n) is 4.37. The lowest BCUT2D eigenvalue weighted by atomic mass is 10.2. The first kappa shape index (κ1) is 12.4. The normalized spacial score (nSPS) is 11.8. The highest BCUT2D eigenvalue weighted by Gasteiger charge is 2.32. The second-order valence-corrected chi connectivity index (χ2v) is 4.31. The van der Waals surface area contributed by atoms with Crippen LogP contribution >= 0.6 is 27.5 Å². The van der Waals surface area contributed by atoms with E-state index in [1.807, 2.05) is 0 Å². The molecular weight excluding hydrogens is 322 g/mol. The molecule has 0 aliphatic heterocycles. The lowest BCUT2D eigenvalue weighted by Crippen LogP contribution is -2.17. The van der Waals surface area contributed by atoms with Crippen molar-refractivity contribution in [2.75, 3.05) is 0 Å². The summed E-state index contributed by atoms with van der Waals surface area (Å²) in [6.07, 6.45) is -3.27. The van der Waals surface area contributed by atoms with Crippen molar-refractivity contribution in [1.29, 1.82) is 0 Å². The van der Waals surface area contributed by atoms with Crippen LogP contribution in [-0.2, 0) is 0 Å². The number of fused-ring (bicyclic) bond motifs is 1. The van der Waals surface area contributed by atoms with Gasteiger partial charge >= 0.3 is 6.36 Å². The Morgan fingerprint density at radius 1 is 1.24 bits per heavy atom. The third-order valence-corrected chi connectivity index (χ3v) is 3.09. The Balaban J connectivity index is 2.61. The van der Waals surface area contributed by atoms with Crippen molar-refractivity contribution in [2.24, 2.45) is 0 Å². The lowest BCUT2D eigenvalue weighted by molar-refractivity contribution is -0.274. The van der Waals surface area contributed by atoms with Gasteiger partial charge in [-0.05, 0) is 34.1 Å². The number of pyridine rings is 1. The molecule has 0 amide bonds. The second kappa shape index (κ2) is 4.34. The molecule has 1 aromatic heterocycles. The number of alkyl halides is 3. The molecule has 2 rings (SSSR count). The van der Waals surface area contributed by atoms with Crippen LogP contribution in [0.5, 0.6) is 5.75 Å². The van der Waals surface area contributed by atoms with Crippen LogP contribution in [0.1, 0.15) is 0 Å². The van der Waals surface area contributed by atoms with Gasteiger partial charge in [-0.3, -0.25) is 4.98 Å². The van der Waals surface area contributed by atoms with E-state index in [0.29, 0.717) is 15.9 Å². The summed E-state index contributed by atoms with van der Waals surface area (Å²) < 4.78 is 40.4. The van der Waals surface area contributed by atoms with E-state index in [-0.39, 0.29) is 10.2 Å². The van der Waals surface area contributed by atoms with Crippen LogP contribution in [-0.4, -0.2) is 11.3 Å². The Kier molecular flexibility index (Phi) is 3.18. The van der Waals surface area contributed by atoms with Gasteiger partial charge < -0.3 is 4.74 Å². The third kappa shape index (κ3) is 2.63. The van der Waals surface area contributed by atoms with Gasteiger partial charge in [-0.1, -0.05) is 11.6 Å². The summed E-state index contributed by atoms with van der Waals surface area (Å²) in [5.74, 6) is -0.347. The van der Waals surface area contributed by atoms with Crippen molar-refractivity contribution in [1.82, 2.24) is 4.98 Å². The second-order valence-electron chi connectivity index (χ2n) is 3.11. The molecule has 7 heteroatoms. The van der Waals surface area contributed by atoms with Crippen LogP contribution in [0.15, 0.2) is 28.9 Å². The molecule has 0 aliphatic rings. The summed E-state index contributed by atoms with van der Waals surface area (Å²) in [5.41, 5.74) is 0.485. The number of halogens is 5. The van der Waals surface area contributed by atoms with Gasteiger partial charge in [0, 0.05) is 11.6 Å². The molecule has 0 atom stereocenters. The molecule has 0 spiro atoms. The van der Waals surface area contributed by atoms with Gasteiger partial charge in [-0.15, -0.1) is 13.2 Å². The van der Waals surface area contributed by atoms with Crippen LogP contribution < -0.4 is 4.74 Å². The first-order chi connectivity index (χ1) is 7.88. The molecule has 0 fully saturated rings. The van der Waals surface area contributed by atoms with Gasteiger partial charge in [0.1, 0.15) is 5.75 Å². The molecule has 90 valence electrons. The molecule has 0 unspecified atom stereocenters. The molecule has 2 nitrogen and oxygen atoms in total. The van der Waals surface area contributed by atoms with Gasteiger partial charge in [0.15, 0.2) is 0 Å². The van der Waals surface area contributed by atoms with E-state index in [0.717, 1.165) is 0 Å². The summed E-state index contributed by atoms with van der Waals surface area (Å²) in [5, 5.41) is 0.686. The Labute approximate surface area is 107 Å². The van der Waals surface area contributed by atoms with Crippen LogP contribution in [0.25, 0.3) is 10.9 Å². The average Bonchev–Trinajstić information content (AvgIpc) is 2.20. The van der Waals surface area contributed by atoms with Crippen LogP contribution in [0.4, 0.5) is 13.2 Å². The molecule has 17 heavy (non-hydrogen) atoms. The highest BCUT2D eigenvalue weighted by atomic mass is 79.9. The SMILES string of the molecule is FC(F)(F)Oc1ccc2nccc(Cl)c2c1Br. The maximum absolute atomic E-state index is 12.1. The largest absolute Gasteiger partial charge is 0.573 e. The number of hydrogen-bond donors (Lipinski definition) is 0. The summed E-state index contributed by atoms with van der Waals surface area (Å²) in [6.45, 7) is 0. The average molecular weight is 326 g/mol. The standard InChI is InChI=1S/C10H4BrClF3NO/c11-9-7(17-10(13,14)15)2-1-6-8(9)5(12)3-4-16-6/h1-4H. The first-order valence-corrected chi connectivity index (χ1v) is 5.54. The fourth-order valence-corrected chi connectivity index (χ4v) is 2.34. The topological polar surface area (TPSA) is 22.1 Å². The predicted molar refractivity (Wildman–Crippen MR) is 61.1 cm³/mol. The number of nitrogens with zero attached hydrogens (tertiary/aromatic N) is 1. The number of hydrogen-bond acceptors (Lipinski definition) is 2. The monoisotopic (exact) mass is 325 g/mol. The molecule has 2 aromatic rings. The maximum Gasteiger partial charge on any atom is 0.573 e. The Hall–Kier alpha value is -1.01. The minimum atomic E-state index is -4.75. The zero-order valence-corrected chi connectivity index (χ0v) is 10.4. The van der Waals surface area contributed by atoms with E-state index >= 15 is 0 Å². The fourth-order valence-electron chi connectivity index (χ4n) is 1.35. The van der Waals surface area contributed by atoms with Crippen LogP contribution in [0, 0.1) is 0 Å². The molecule has 0 saturated carbocycles. The number of benzene rings is 1. The maximum atomic E-state index is 12.1. The summed E-state index contributed by atoms with van der Waals surface area (Å²) >= 11 is 8.93. The molecule has 0 N–H and O–H groups in total. The molecular formula is C10H4BrClF3NO. The van der Waals surface area contributed by atoms with Crippen molar-refractivity contribution in [3.05, 3.63) is 33.9 Å². The molecule has 0 radical (unpaired) electrons. The zero-order valence-electron chi connectivity index (χ0n) is 8.05. The minimum Gasteiger partial charge on any atom is -0.405 e. The van der Waals surface area contributed by atoms with E-state index in [1.54, 1.807) is 0 Å². The fraction of sp³-hybridized carbons (Fsp3) is 0.100. The minimum absolute atomic E-state index is 0.130. The molecule has 1 aromatic carbocycles. The lowest BCUT2D eigenvalue weighted by Gasteiger charge is -2.12. The van der Waals surface area contributed by atoms with E-state index in [2.05, 4.69) is 25.7 Å². The zero-order chi connectivity index (χ0) is 12.6. The quantitative estimate of drug-likeness (QED) is 0.767. The highest BCUT2D eigenvalue weighted by molar-refractivity contribution is 9.10. The van der Waals surface area contributed by atoms with Gasteiger partial charge in [-0.25, -0.2) is 0 Å². The Morgan fingerprint density at radius 2 is 1.94 bits per heavy atom. The van der Waals surface area contributed by atoms with E-state index in [4.69, 9.17) is 11.6 Å².